The number of thiazole rings is 1. The predicted octanol–water partition coefficient (Wildman–Crippen LogP) is 1.64. The molecule has 0 spiro atoms. The van der Waals surface area contributed by atoms with E-state index < -0.39 is 11.5 Å². The number of hydrogen-bond acceptors (Lipinski definition) is 6. The van der Waals surface area contributed by atoms with Crippen molar-refractivity contribution in [2.75, 3.05) is 6.61 Å². The van der Waals surface area contributed by atoms with Crippen molar-refractivity contribution in [2.24, 2.45) is 5.41 Å². The molecule has 0 saturated carbocycles. The topological polar surface area (TPSA) is 84.6 Å². The van der Waals surface area contributed by atoms with Gasteiger partial charge in [0.1, 0.15) is 16.8 Å². The van der Waals surface area contributed by atoms with Crippen molar-refractivity contribution in [3.63, 3.8) is 0 Å². The monoisotopic (exact) mass is 310 g/mol. The summed E-state index contributed by atoms with van der Waals surface area (Å²) in [6.45, 7) is 4.94. The van der Waals surface area contributed by atoms with Crippen LogP contribution >= 0.6 is 11.3 Å². The lowest BCUT2D eigenvalue weighted by Crippen LogP contribution is -2.31. The maximum absolute atomic E-state index is 11.9. The summed E-state index contributed by atoms with van der Waals surface area (Å²) in [7, 11) is 0. The van der Waals surface area contributed by atoms with Gasteiger partial charge in [0.2, 0.25) is 0 Å². The third-order valence-electron chi connectivity index (χ3n) is 2.76. The number of aliphatic hydroxyl groups excluding tert-OH is 2. The Morgan fingerprint density at radius 3 is 2.86 bits per heavy atom. The highest BCUT2D eigenvalue weighted by molar-refractivity contribution is 7.13. The average Bonchev–Trinajstić information content (AvgIpc) is 3.04. The standard InChI is InChI=1S/C14H18N2O4S/c1-14(2,3)13(19)20-16-6-4-5-10(16)12-15-9(8-21-12)11(18)7-17/h4-6,8,11,17-18H,7H2,1-3H3. The molecule has 2 heterocycles. The zero-order chi connectivity index (χ0) is 15.6. The van der Waals surface area contributed by atoms with Gasteiger partial charge in [-0.25, -0.2) is 9.78 Å². The molecule has 2 aromatic rings. The smallest absolute Gasteiger partial charge is 0.338 e. The Balaban J connectivity index is 2.24. The molecule has 7 heteroatoms. The summed E-state index contributed by atoms with van der Waals surface area (Å²) < 4.78 is 1.36. The second-order valence-corrected chi connectivity index (χ2v) is 6.48. The molecule has 21 heavy (non-hydrogen) atoms. The lowest BCUT2D eigenvalue weighted by molar-refractivity contribution is -0.153. The van der Waals surface area contributed by atoms with Crippen LogP contribution in [0.2, 0.25) is 0 Å². The zero-order valence-corrected chi connectivity index (χ0v) is 12.9. The van der Waals surface area contributed by atoms with Gasteiger partial charge >= 0.3 is 5.97 Å². The molecule has 0 aliphatic rings. The summed E-state index contributed by atoms with van der Waals surface area (Å²) in [4.78, 5) is 21.5. The van der Waals surface area contributed by atoms with Gasteiger partial charge in [-0.15, -0.1) is 11.3 Å². The first-order valence-corrected chi connectivity index (χ1v) is 7.35. The predicted molar refractivity (Wildman–Crippen MR) is 78.6 cm³/mol. The number of carbonyl (C=O) groups is 1. The van der Waals surface area contributed by atoms with Crippen molar-refractivity contribution in [1.82, 2.24) is 9.71 Å². The van der Waals surface area contributed by atoms with Crippen molar-refractivity contribution in [1.29, 1.82) is 0 Å². The Morgan fingerprint density at radius 1 is 1.52 bits per heavy atom. The molecule has 0 amide bonds. The van der Waals surface area contributed by atoms with E-state index in [0.29, 0.717) is 16.4 Å². The normalized spacial score (nSPS) is 13.2. The number of rotatable bonds is 4. The first-order valence-electron chi connectivity index (χ1n) is 6.48. The summed E-state index contributed by atoms with van der Waals surface area (Å²) in [5.74, 6) is -0.355. The molecule has 114 valence electrons. The van der Waals surface area contributed by atoms with Crippen molar-refractivity contribution in [3.8, 4) is 10.7 Å². The van der Waals surface area contributed by atoms with E-state index in [2.05, 4.69) is 4.98 Å². The van der Waals surface area contributed by atoms with Crippen molar-refractivity contribution < 1.29 is 19.8 Å². The lowest BCUT2D eigenvalue weighted by atomic mass is 9.98. The third-order valence-corrected chi connectivity index (χ3v) is 3.65. The number of hydrogen-bond donors (Lipinski definition) is 2. The molecule has 1 atom stereocenters. The number of carbonyl (C=O) groups excluding carboxylic acids is 1. The summed E-state index contributed by atoms with van der Waals surface area (Å²) in [6.07, 6.45) is 0.623. The van der Waals surface area contributed by atoms with Gasteiger partial charge in [-0.3, -0.25) is 0 Å². The van der Waals surface area contributed by atoms with Crippen LogP contribution in [0.3, 0.4) is 0 Å². The molecule has 0 bridgehead atoms. The van der Waals surface area contributed by atoms with Gasteiger partial charge < -0.3 is 15.1 Å². The van der Waals surface area contributed by atoms with Crippen LogP contribution in [0.25, 0.3) is 10.7 Å². The summed E-state index contributed by atoms with van der Waals surface area (Å²) in [6, 6.07) is 3.51. The van der Waals surface area contributed by atoms with Crippen LogP contribution < -0.4 is 4.84 Å². The van der Waals surface area contributed by atoms with E-state index in [1.54, 1.807) is 44.5 Å². The van der Waals surface area contributed by atoms with E-state index in [1.807, 2.05) is 0 Å². The fourth-order valence-electron chi connectivity index (χ4n) is 1.49. The minimum absolute atomic E-state index is 0.355. The average molecular weight is 310 g/mol. The van der Waals surface area contributed by atoms with Crippen molar-refractivity contribution in [2.45, 2.75) is 26.9 Å². The number of nitrogens with zero attached hydrogens (tertiary/aromatic N) is 2. The summed E-state index contributed by atoms with van der Waals surface area (Å²) in [5.41, 5.74) is 0.407. The van der Waals surface area contributed by atoms with E-state index in [0.717, 1.165) is 0 Å². The molecule has 0 aliphatic heterocycles. The fourth-order valence-corrected chi connectivity index (χ4v) is 2.37. The molecule has 0 aromatic carbocycles. The quantitative estimate of drug-likeness (QED) is 0.897. The Hall–Kier alpha value is -1.70. The van der Waals surface area contributed by atoms with Crippen LogP contribution in [-0.2, 0) is 4.79 Å². The molecular formula is C14H18N2O4S. The Kier molecular flexibility index (Phi) is 4.46. The molecule has 1 unspecified atom stereocenters. The van der Waals surface area contributed by atoms with E-state index in [1.165, 1.54) is 16.1 Å². The fraction of sp³-hybridized carbons (Fsp3) is 0.429. The van der Waals surface area contributed by atoms with Crippen LogP contribution in [0.4, 0.5) is 0 Å². The van der Waals surface area contributed by atoms with Crippen LogP contribution in [0, 0.1) is 5.41 Å². The summed E-state index contributed by atoms with van der Waals surface area (Å²) >= 11 is 1.31. The Labute approximate surface area is 126 Å². The number of aliphatic hydroxyl groups is 2. The molecule has 6 nitrogen and oxygen atoms in total. The van der Waals surface area contributed by atoms with Crippen molar-refractivity contribution >= 4 is 17.3 Å². The lowest BCUT2D eigenvalue weighted by Gasteiger charge is -2.17. The molecule has 0 radical (unpaired) electrons. The molecule has 0 aliphatic carbocycles. The minimum atomic E-state index is -1.00. The zero-order valence-electron chi connectivity index (χ0n) is 12.1. The van der Waals surface area contributed by atoms with Gasteiger partial charge in [0.25, 0.3) is 0 Å². The second-order valence-electron chi connectivity index (χ2n) is 5.62. The molecule has 0 saturated heterocycles. The maximum atomic E-state index is 11.9. The van der Waals surface area contributed by atoms with Gasteiger partial charge in [0.05, 0.1) is 17.7 Å². The highest BCUT2D eigenvalue weighted by atomic mass is 32.1. The molecule has 2 N–H and O–H groups in total. The number of aromatic nitrogens is 2. The van der Waals surface area contributed by atoms with Crippen molar-refractivity contribution in [3.05, 3.63) is 29.4 Å². The Morgan fingerprint density at radius 2 is 2.24 bits per heavy atom. The minimum Gasteiger partial charge on any atom is -0.393 e. The SMILES string of the molecule is CC(C)(C)C(=O)On1cccc1-c1nc(C(O)CO)cs1. The largest absolute Gasteiger partial charge is 0.393 e. The first-order chi connectivity index (χ1) is 9.82. The third kappa shape index (κ3) is 3.49. The molecular weight excluding hydrogens is 292 g/mol. The summed E-state index contributed by atoms with van der Waals surface area (Å²) in [5, 5.41) is 20.8. The maximum Gasteiger partial charge on any atom is 0.338 e. The van der Waals surface area contributed by atoms with Crippen LogP contribution in [0.15, 0.2) is 23.7 Å². The van der Waals surface area contributed by atoms with Gasteiger partial charge in [0, 0.05) is 11.6 Å². The highest BCUT2D eigenvalue weighted by Gasteiger charge is 2.25. The molecule has 2 rings (SSSR count). The van der Waals surface area contributed by atoms with Crippen LogP contribution in [0.1, 0.15) is 32.6 Å². The van der Waals surface area contributed by atoms with Crippen LogP contribution in [-0.4, -0.2) is 32.5 Å². The van der Waals surface area contributed by atoms with Gasteiger partial charge in [-0.05, 0) is 32.9 Å². The first kappa shape index (κ1) is 15.7. The van der Waals surface area contributed by atoms with Crippen LogP contribution in [0.5, 0.6) is 0 Å². The van der Waals surface area contributed by atoms with E-state index in [4.69, 9.17) is 9.94 Å². The van der Waals surface area contributed by atoms with Gasteiger partial charge in [-0.1, -0.05) is 0 Å². The second kappa shape index (κ2) is 5.97. The van der Waals surface area contributed by atoms with E-state index in [9.17, 15) is 9.90 Å². The van der Waals surface area contributed by atoms with Gasteiger partial charge in [-0.2, -0.15) is 4.73 Å². The Bertz CT molecular complexity index is 627. The van der Waals surface area contributed by atoms with E-state index in [-0.39, 0.29) is 12.6 Å². The van der Waals surface area contributed by atoms with Gasteiger partial charge in [0.15, 0.2) is 0 Å². The molecule has 2 aromatic heterocycles. The van der Waals surface area contributed by atoms with E-state index >= 15 is 0 Å². The molecule has 0 fully saturated rings. The highest BCUT2D eigenvalue weighted by Crippen LogP contribution is 2.26.